The zero-order valence-electron chi connectivity index (χ0n) is 14.1. The number of carbonyl (C=O) groups excluding carboxylic acids is 3. The van der Waals surface area contributed by atoms with Crippen molar-refractivity contribution in [2.24, 2.45) is 11.8 Å². The molecule has 2 atom stereocenters. The number of carbonyl (C=O) groups is 3. The van der Waals surface area contributed by atoms with Crippen molar-refractivity contribution in [3.8, 4) is 0 Å². The Morgan fingerprint density at radius 1 is 1.20 bits per heavy atom. The van der Waals surface area contributed by atoms with Crippen molar-refractivity contribution in [1.29, 1.82) is 0 Å². The van der Waals surface area contributed by atoms with Gasteiger partial charge in [-0.15, -0.1) is 0 Å². The number of halogens is 1. The fourth-order valence-electron chi connectivity index (χ4n) is 3.38. The van der Waals surface area contributed by atoms with Gasteiger partial charge in [0, 0.05) is 23.7 Å². The van der Waals surface area contributed by atoms with Gasteiger partial charge in [-0.1, -0.05) is 29.8 Å². The summed E-state index contributed by atoms with van der Waals surface area (Å²) in [5.41, 5.74) is 1.59. The average molecular weight is 361 g/mol. The molecule has 0 spiro atoms. The fraction of sp³-hybridized carbons (Fsp3) is 0.421. The summed E-state index contributed by atoms with van der Waals surface area (Å²) in [4.78, 5) is 38.1. The molecule has 0 saturated carbocycles. The standard InChI is InChI=1S/C19H21ClN2O3/c1-12-8-9-13(11-16(12)20)21-17(23)7-4-10-22-18(24)14-5-2-3-6-15(14)19(22)25/h2-3,8-9,11,14-15H,4-7,10H2,1H3,(H,21,23)/t14-,15-/m1/s1. The second kappa shape index (κ2) is 7.40. The number of likely N-dealkylation sites (tertiary alicyclic amines) is 1. The third-order valence-electron chi connectivity index (χ3n) is 4.84. The minimum absolute atomic E-state index is 0.0925. The van der Waals surface area contributed by atoms with E-state index in [2.05, 4.69) is 5.32 Å². The molecule has 0 unspecified atom stereocenters. The molecule has 1 heterocycles. The molecular formula is C19H21ClN2O3. The van der Waals surface area contributed by atoms with Crippen LogP contribution in [0.4, 0.5) is 5.69 Å². The van der Waals surface area contributed by atoms with Crippen LogP contribution in [0.2, 0.25) is 5.02 Å². The average Bonchev–Trinajstić information content (AvgIpc) is 2.83. The number of anilines is 1. The molecule has 1 N–H and O–H groups in total. The number of amides is 3. The number of imide groups is 1. The van der Waals surface area contributed by atoms with E-state index in [1.165, 1.54) is 4.90 Å². The van der Waals surface area contributed by atoms with Crippen LogP contribution in [0.15, 0.2) is 30.4 Å². The number of aryl methyl sites for hydroxylation is 1. The molecule has 6 heteroatoms. The van der Waals surface area contributed by atoms with Crippen molar-refractivity contribution >= 4 is 35.0 Å². The highest BCUT2D eigenvalue weighted by Crippen LogP contribution is 2.35. The molecule has 1 aliphatic carbocycles. The number of hydrogen-bond donors (Lipinski definition) is 1. The fourth-order valence-corrected chi connectivity index (χ4v) is 3.56. The first-order valence-corrected chi connectivity index (χ1v) is 8.91. The molecule has 1 aromatic rings. The second-order valence-corrected chi connectivity index (χ2v) is 7.01. The van der Waals surface area contributed by atoms with E-state index in [1.54, 1.807) is 12.1 Å². The van der Waals surface area contributed by atoms with Crippen molar-refractivity contribution < 1.29 is 14.4 Å². The highest BCUT2D eigenvalue weighted by molar-refractivity contribution is 6.31. The van der Waals surface area contributed by atoms with Gasteiger partial charge in [0.1, 0.15) is 0 Å². The van der Waals surface area contributed by atoms with Crippen LogP contribution in [0.1, 0.15) is 31.2 Å². The SMILES string of the molecule is Cc1ccc(NC(=O)CCCN2C(=O)[C@@H]3CC=CC[C@H]3C2=O)cc1Cl. The highest BCUT2D eigenvalue weighted by Gasteiger charge is 2.46. The Balaban J connectivity index is 1.49. The Labute approximate surface area is 152 Å². The van der Waals surface area contributed by atoms with Gasteiger partial charge in [0.25, 0.3) is 0 Å². The smallest absolute Gasteiger partial charge is 0.233 e. The van der Waals surface area contributed by atoms with Gasteiger partial charge in [-0.3, -0.25) is 19.3 Å². The van der Waals surface area contributed by atoms with Crippen molar-refractivity contribution in [3.05, 3.63) is 40.9 Å². The lowest BCUT2D eigenvalue weighted by Crippen LogP contribution is -2.32. The summed E-state index contributed by atoms with van der Waals surface area (Å²) in [6.45, 7) is 2.19. The van der Waals surface area contributed by atoms with Crippen LogP contribution in [0.3, 0.4) is 0 Å². The molecule has 1 saturated heterocycles. The Hall–Kier alpha value is -2.14. The predicted molar refractivity (Wildman–Crippen MR) is 96.1 cm³/mol. The van der Waals surface area contributed by atoms with Crippen molar-refractivity contribution in [1.82, 2.24) is 4.90 Å². The first kappa shape index (κ1) is 17.7. The monoisotopic (exact) mass is 360 g/mol. The van der Waals surface area contributed by atoms with Gasteiger partial charge in [-0.05, 0) is 43.9 Å². The van der Waals surface area contributed by atoms with Crippen LogP contribution in [-0.4, -0.2) is 29.2 Å². The maximum absolute atomic E-state index is 12.3. The van der Waals surface area contributed by atoms with Gasteiger partial charge in [0.15, 0.2) is 0 Å². The van der Waals surface area contributed by atoms with Crippen molar-refractivity contribution in [3.63, 3.8) is 0 Å². The van der Waals surface area contributed by atoms with Crippen LogP contribution in [-0.2, 0) is 14.4 Å². The van der Waals surface area contributed by atoms with E-state index in [0.717, 1.165) is 5.56 Å². The number of benzene rings is 1. The number of hydrogen-bond acceptors (Lipinski definition) is 3. The predicted octanol–water partition coefficient (Wildman–Crippen LogP) is 3.32. The third kappa shape index (κ3) is 3.76. The number of allylic oxidation sites excluding steroid dienone is 2. The minimum Gasteiger partial charge on any atom is -0.326 e. The zero-order chi connectivity index (χ0) is 18.0. The normalized spacial score (nSPS) is 22.2. The zero-order valence-corrected chi connectivity index (χ0v) is 14.9. The summed E-state index contributed by atoms with van der Waals surface area (Å²) < 4.78 is 0. The van der Waals surface area contributed by atoms with Gasteiger partial charge in [0.05, 0.1) is 11.8 Å². The lowest BCUT2D eigenvalue weighted by Gasteiger charge is -2.14. The molecular weight excluding hydrogens is 340 g/mol. The van der Waals surface area contributed by atoms with Crippen LogP contribution in [0, 0.1) is 18.8 Å². The lowest BCUT2D eigenvalue weighted by atomic mass is 9.85. The number of nitrogens with one attached hydrogen (secondary N) is 1. The molecule has 1 aromatic carbocycles. The first-order valence-electron chi connectivity index (χ1n) is 8.53. The van der Waals surface area contributed by atoms with Gasteiger partial charge >= 0.3 is 0 Å². The molecule has 5 nitrogen and oxygen atoms in total. The summed E-state index contributed by atoms with van der Waals surface area (Å²) >= 11 is 6.04. The maximum atomic E-state index is 12.3. The Bertz CT molecular complexity index is 718. The van der Waals surface area contributed by atoms with E-state index in [1.807, 2.05) is 25.1 Å². The van der Waals surface area contributed by atoms with Crippen molar-refractivity contribution in [2.45, 2.75) is 32.6 Å². The topological polar surface area (TPSA) is 66.5 Å². The number of nitrogens with zero attached hydrogens (tertiary/aromatic N) is 1. The largest absolute Gasteiger partial charge is 0.326 e. The molecule has 1 fully saturated rings. The van der Waals surface area contributed by atoms with E-state index >= 15 is 0 Å². The number of rotatable bonds is 5. The second-order valence-electron chi connectivity index (χ2n) is 6.60. The molecule has 25 heavy (non-hydrogen) atoms. The lowest BCUT2D eigenvalue weighted by molar-refractivity contribution is -0.140. The van der Waals surface area contributed by atoms with E-state index in [4.69, 9.17) is 11.6 Å². The van der Waals surface area contributed by atoms with Crippen LogP contribution >= 0.6 is 11.6 Å². The Morgan fingerprint density at radius 2 is 1.84 bits per heavy atom. The molecule has 3 rings (SSSR count). The summed E-state index contributed by atoms with van der Waals surface area (Å²) in [7, 11) is 0. The summed E-state index contributed by atoms with van der Waals surface area (Å²) in [6.07, 6.45) is 5.92. The van der Waals surface area contributed by atoms with Crippen molar-refractivity contribution in [2.75, 3.05) is 11.9 Å². The molecule has 0 aromatic heterocycles. The molecule has 1 aliphatic heterocycles. The Kier molecular flexibility index (Phi) is 5.23. The van der Waals surface area contributed by atoms with Gasteiger partial charge in [0.2, 0.25) is 17.7 Å². The minimum atomic E-state index is -0.207. The maximum Gasteiger partial charge on any atom is 0.233 e. The summed E-state index contributed by atoms with van der Waals surface area (Å²) in [5.74, 6) is -0.754. The summed E-state index contributed by atoms with van der Waals surface area (Å²) in [5, 5.41) is 3.39. The highest BCUT2D eigenvalue weighted by atomic mass is 35.5. The van der Waals surface area contributed by atoms with E-state index in [-0.39, 0.29) is 36.0 Å². The van der Waals surface area contributed by atoms with E-state index in [9.17, 15) is 14.4 Å². The van der Waals surface area contributed by atoms with Gasteiger partial charge < -0.3 is 5.32 Å². The third-order valence-corrected chi connectivity index (χ3v) is 5.25. The van der Waals surface area contributed by atoms with Crippen LogP contribution in [0.5, 0.6) is 0 Å². The van der Waals surface area contributed by atoms with Crippen LogP contribution in [0.25, 0.3) is 0 Å². The summed E-state index contributed by atoms with van der Waals surface area (Å²) in [6, 6.07) is 5.35. The van der Waals surface area contributed by atoms with E-state index < -0.39 is 0 Å². The molecule has 0 bridgehead atoms. The molecule has 0 radical (unpaired) electrons. The Morgan fingerprint density at radius 3 is 2.44 bits per heavy atom. The molecule has 2 aliphatic rings. The van der Waals surface area contributed by atoms with Gasteiger partial charge in [-0.2, -0.15) is 0 Å². The first-order chi connectivity index (χ1) is 12.0. The molecule has 3 amide bonds. The van der Waals surface area contributed by atoms with E-state index in [0.29, 0.717) is 36.5 Å². The molecule has 132 valence electrons. The quantitative estimate of drug-likeness (QED) is 0.647. The van der Waals surface area contributed by atoms with Crippen LogP contribution < -0.4 is 5.32 Å². The van der Waals surface area contributed by atoms with Gasteiger partial charge in [-0.25, -0.2) is 0 Å². The number of fused-ring (bicyclic) bond motifs is 1.